The number of nitrogens with one attached hydrogen (secondary N) is 1. The fourth-order valence-electron chi connectivity index (χ4n) is 1.73. The minimum Gasteiger partial charge on any atom is -0.497 e. The molecule has 1 unspecified atom stereocenters. The van der Waals surface area contributed by atoms with E-state index in [9.17, 15) is 4.79 Å². The highest BCUT2D eigenvalue weighted by molar-refractivity contribution is 7.22. The van der Waals surface area contributed by atoms with Crippen LogP contribution >= 0.6 is 23.7 Å². The van der Waals surface area contributed by atoms with Gasteiger partial charge < -0.3 is 15.8 Å². The maximum atomic E-state index is 11.8. The van der Waals surface area contributed by atoms with Crippen LogP contribution in [0.2, 0.25) is 0 Å². The quantitative estimate of drug-likeness (QED) is 0.889. The fraction of sp³-hybridized carbons (Fsp3) is 0.385. The van der Waals surface area contributed by atoms with E-state index in [-0.39, 0.29) is 18.3 Å². The molecule has 0 fully saturated rings. The van der Waals surface area contributed by atoms with Gasteiger partial charge in [-0.15, -0.1) is 12.4 Å². The lowest BCUT2D eigenvalue weighted by Crippen LogP contribution is -2.35. The predicted octanol–water partition coefficient (Wildman–Crippen LogP) is 2.79. The van der Waals surface area contributed by atoms with Gasteiger partial charge in [-0.1, -0.05) is 24.7 Å². The Labute approximate surface area is 127 Å². The summed E-state index contributed by atoms with van der Waals surface area (Å²) in [5.74, 6) is 0.588. The third-order valence-corrected chi connectivity index (χ3v) is 3.70. The number of methoxy groups -OCH3 is 1. The molecule has 0 saturated heterocycles. The molecule has 1 aromatic carbocycles. The van der Waals surface area contributed by atoms with Crippen LogP contribution in [-0.2, 0) is 4.79 Å². The van der Waals surface area contributed by atoms with Crippen LogP contribution in [0.25, 0.3) is 10.2 Å². The fourth-order valence-corrected chi connectivity index (χ4v) is 2.62. The van der Waals surface area contributed by atoms with Crippen molar-refractivity contribution in [2.75, 3.05) is 12.4 Å². The molecule has 0 saturated carbocycles. The van der Waals surface area contributed by atoms with Crippen molar-refractivity contribution in [3.63, 3.8) is 0 Å². The second kappa shape index (κ2) is 7.42. The normalized spacial score (nSPS) is 11.8. The first-order valence-electron chi connectivity index (χ1n) is 6.15. The molecule has 7 heteroatoms. The van der Waals surface area contributed by atoms with Crippen LogP contribution in [0.15, 0.2) is 18.2 Å². The van der Waals surface area contributed by atoms with Crippen LogP contribution in [0.3, 0.4) is 0 Å². The Kier molecular flexibility index (Phi) is 6.19. The van der Waals surface area contributed by atoms with Gasteiger partial charge in [0.2, 0.25) is 5.91 Å². The summed E-state index contributed by atoms with van der Waals surface area (Å²) in [5, 5.41) is 3.33. The first kappa shape index (κ1) is 16.7. The van der Waals surface area contributed by atoms with E-state index in [1.54, 1.807) is 7.11 Å². The molecular weight excluding hydrogens is 298 g/mol. The molecule has 1 amide bonds. The summed E-state index contributed by atoms with van der Waals surface area (Å²) in [6.07, 6.45) is 1.55. The standard InChI is InChI=1S/C13H17N3O2S.ClH/c1-3-4-9(14)12(17)16-13-15-10-6-5-8(18-2)7-11(10)19-13;/h5-7,9H,3-4,14H2,1-2H3,(H,15,16,17);1H. The molecule has 5 nitrogen and oxygen atoms in total. The third-order valence-electron chi connectivity index (χ3n) is 2.76. The van der Waals surface area contributed by atoms with Crippen LogP contribution in [0.4, 0.5) is 5.13 Å². The minimum absolute atomic E-state index is 0. The van der Waals surface area contributed by atoms with Crippen LogP contribution < -0.4 is 15.8 Å². The van der Waals surface area contributed by atoms with Crippen molar-refractivity contribution in [1.29, 1.82) is 0 Å². The molecule has 0 spiro atoms. The molecule has 1 atom stereocenters. The summed E-state index contributed by atoms with van der Waals surface area (Å²) in [6, 6.07) is 5.13. The van der Waals surface area contributed by atoms with Crippen molar-refractivity contribution in [3.05, 3.63) is 18.2 Å². The second-order valence-corrected chi connectivity index (χ2v) is 5.27. The first-order chi connectivity index (χ1) is 9.13. The number of amides is 1. The van der Waals surface area contributed by atoms with Gasteiger partial charge in [0.1, 0.15) is 5.75 Å². The molecule has 0 aliphatic heterocycles. The average Bonchev–Trinajstić information content (AvgIpc) is 2.79. The zero-order valence-electron chi connectivity index (χ0n) is 11.4. The number of carbonyl (C=O) groups excluding carboxylic acids is 1. The highest BCUT2D eigenvalue weighted by Crippen LogP contribution is 2.29. The Hall–Kier alpha value is -1.37. The lowest BCUT2D eigenvalue weighted by Gasteiger charge is -2.08. The third kappa shape index (κ3) is 3.82. The van der Waals surface area contributed by atoms with Crippen molar-refractivity contribution < 1.29 is 9.53 Å². The van der Waals surface area contributed by atoms with E-state index in [1.165, 1.54) is 11.3 Å². The zero-order chi connectivity index (χ0) is 13.8. The second-order valence-electron chi connectivity index (χ2n) is 4.24. The van der Waals surface area contributed by atoms with Gasteiger partial charge in [-0.2, -0.15) is 0 Å². The van der Waals surface area contributed by atoms with E-state index in [1.807, 2.05) is 25.1 Å². The van der Waals surface area contributed by atoms with Gasteiger partial charge in [-0.25, -0.2) is 4.98 Å². The topological polar surface area (TPSA) is 77.2 Å². The molecule has 0 aliphatic carbocycles. The van der Waals surface area contributed by atoms with Gasteiger partial charge in [0.05, 0.1) is 23.4 Å². The van der Waals surface area contributed by atoms with Gasteiger partial charge in [0.25, 0.3) is 0 Å². The van der Waals surface area contributed by atoms with E-state index >= 15 is 0 Å². The molecule has 1 aromatic heterocycles. The Morgan fingerprint density at radius 3 is 2.95 bits per heavy atom. The van der Waals surface area contributed by atoms with Crippen molar-refractivity contribution in [2.45, 2.75) is 25.8 Å². The molecule has 1 heterocycles. The van der Waals surface area contributed by atoms with E-state index in [4.69, 9.17) is 10.5 Å². The Bertz CT molecular complexity index is 588. The number of hydrogen-bond donors (Lipinski definition) is 2. The molecule has 0 aliphatic rings. The van der Waals surface area contributed by atoms with Crippen molar-refractivity contribution >= 4 is 45.0 Å². The first-order valence-corrected chi connectivity index (χ1v) is 6.96. The number of aromatic nitrogens is 1. The predicted molar refractivity (Wildman–Crippen MR) is 84.9 cm³/mol. The van der Waals surface area contributed by atoms with E-state index in [0.717, 1.165) is 22.4 Å². The Balaban J connectivity index is 0.00000200. The smallest absolute Gasteiger partial charge is 0.243 e. The highest BCUT2D eigenvalue weighted by Gasteiger charge is 2.14. The maximum Gasteiger partial charge on any atom is 0.243 e. The number of ether oxygens (including phenoxy) is 1. The summed E-state index contributed by atoms with van der Waals surface area (Å²) in [6.45, 7) is 2.00. The number of nitrogens with two attached hydrogens (primary N) is 1. The molecule has 2 aromatic rings. The lowest BCUT2D eigenvalue weighted by atomic mass is 10.2. The summed E-state index contributed by atoms with van der Waals surface area (Å²) < 4.78 is 6.13. The number of thiazole rings is 1. The summed E-state index contributed by atoms with van der Waals surface area (Å²) >= 11 is 1.41. The number of rotatable bonds is 5. The minimum atomic E-state index is -0.480. The number of nitrogens with zero attached hydrogens (tertiary/aromatic N) is 1. The molecule has 0 radical (unpaired) electrons. The summed E-state index contributed by atoms with van der Waals surface area (Å²) in [4.78, 5) is 16.2. The Morgan fingerprint density at radius 1 is 1.55 bits per heavy atom. The van der Waals surface area contributed by atoms with Crippen molar-refractivity contribution in [1.82, 2.24) is 4.98 Å². The monoisotopic (exact) mass is 315 g/mol. The summed E-state index contributed by atoms with van der Waals surface area (Å²) in [5.41, 5.74) is 6.60. The highest BCUT2D eigenvalue weighted by atomic mass is 35.5. The molecule has 3 N–H and O–H groups in total. The van der Waals surface area contributed by atoms with Crippen LogP contribution in [0.1, 0.15) is 19.8 Å². The summed E-state index contributed by atoms with van der Waals surface area (Å²) in [7, 11) is 1.62. The Morgan fingerprint density at radius 2 is 2.30 bits per heavy atom. The van der Waals surface area contributed by atoms with Gasteiger partial charge in [0.15, 0.2) is 5.13 Å². The van der Waals surface area contributed by atoms with Crippen LogP contribution in [-0.4, -0.2) is 24.0 Å². The van der Waals surface area contributed by atoms with Crippen molar-refractivity contribution in [2.24, 2.45) is 5.73 Å². The number of fused-ring (bicyclic) bond motifs is 1. The van der Waals surface area contributed by atoms with Gasteiger partial charge in [-0.05, 0) is 24.6 Å². The molecule has 2 rings (SSSR count). The van der Waals surface area contributed by atoms with E-state index in [0.29, 0.717) is 11.6 Å². The average molecular weight is 316 g/mol. The van der Waals surface area contributed by atoms with E-state index in [2.05, 4.69) is 10.3 Å². The van der Waals surface area contributed by atoms with Gasteiger partial charge >= 0.3 is 0 Å². The van der Waals surface area contributed by atoms with Gasteiger partial charge in [0, 0.05) is 0 Å². The van der Waals surface area contributed by atoms with Crippen LogP contribution in [0.5, 0.6) is 5.75 Å². The lowest BCUT2D eigenvalue weighted by molar-refractivity contribution is -0.117. The maximum absolute atomic E-state index is 11.8. The molecule has 110 valence electrons. The van der Waals surface area contributed by atoms with Gasteiger partial charge in [-0.3, -0.25) is 4.79 Å². The SMILES string of the molecule is CCCC(N)C(=O)Nc1nc2ccc(OC)cc2s1.Cl. The number of hydrogen-bond acceptors (Lipinski definition) is 5. The number of anilines is 1. The number of halogens is 1. The number of carbonyl (C=O) groups is 1. The van der Waals surface area contributed by atoms with Crippen LogP contribution in [0, 0.1) is 0 Å². The molecule has 20 heavy (non-hydrogen) atoms. The molecule has 0 bridgehead atoms. The van der Waals surface area contributed by atoms with E-state index < -0.39 is 6.04 Å². The number of benzene rings is 1. The largest absolute Gasteiger partial charge is 0.497 e. The van der Waals surface area contributed by atoms with Crippen molar-refractivity contribution in [3.8, 4) is 5.75 Å². The zero-order valence-corrected chi connectivity index (χ0v) is 13.0. The molecular formula is C13H18ClN3O2S.